The van der Waals surface area contributed by atoms with E-state index in [4.69, 9.17) is 4.99 Å². The number of rotatable bonds is 4. The SMILES string of the molecule is CCNC(=NCc1ncccc1C)N1CCC(c2ccccc2)C1. The van der Waals surface area contributed by atoms with E-state index in [1.54, 1.807) is 0 Å². The van der Waals surface area contributed by atoms with Gasteiger partial charge in [0.15, 0.2) is 5.96 Å². The zero-order valence-corrected chi connectivity index (χ0v) is 14.6. The van der Waals surface area contributed by atoms with E-state index in [0.717, 1.165) is 31.3 Å². The van der Waals surface area contributed by atoms with Crippen molar-refractivity contribution in [3.05, 3.63) is 65.5 Å². The molecule has 1 aromatic carbocycles. The van der Waals surface area contributed by atoms with Crippen molar-refractivity contribution >= 4 is 5.96 Å². The highest BCUT2D eigenvalue weighted by molar-refractivity contribution is 5.80. The summed E-state index contributed by atoms with van der Waals surface area (Å²) >= 11 is 0. The lowest BCUT2D eigenvalue weighted by molar-refractivity contribution is 0.486. The lowest BCUT2D eigenvalue weighted by Crippen LogP contribution is -2.40. The summed E-state index contributed by atoms with van der Waals surface area (Å²) in [6, 6.07) is 14.9. The lowest BCUT2D eigenvalue weighted by Gasteiger charge is -2.22. The Kier molecular flexibility index (Phi) is 5.47. The molecular formula is C20H26N4. The van der Waals surface area contributed by atoms with Crippen LogP contribution in [0.4, 0.5) is 0 Å². The van der Waals surface area contributed by atoms with Crippen LogP contribution in [0, 0.1) is 6.92 Å². The summed E-state index contributed by atoms with van der Waals surface area (Å²) in [6.45, 7) is 7.79. The number of aryl methyl sites for hydroxylation is 1. The molecule has 0 saturated carbocycles. The van der Waals surface area contributed by atoms with Crippen LogP contribution in [0.5, 0.6) is 0 Å². The quantitative estimate of drug-likeness (QED) is 0.693. The molecule has 4 heteroatoms. The molecule has 1 atom stereocenters. The van der Waals surface area contributed by atoms with E-state index in [1.165, 1.54) is 17.5 Å². The highest BCUT2D eigenvalue weighted by Gasteiger charge is 2.25. The zero-order chi connectivity index (χ0) is 16.8. The minimum absolute atomic E-state index is 0.589. The van der Waals surface area contributed by atoms with E-state index in [1.807, 2.05) is 12.3 Å². The maximum absolute atomic E-state index is 4.82. The summed E-state index contributed by atoms with van der Waals surface area (Å²) in [4.78, 5) is 11.6. The molecule has 3 rings (SSSR count). The molecule has 0 spiro atoms. The first-order valence-electron chi connectivity index (χ1n) is 8.76. The summed E-state index contributed by atoms with van der Waals surface area (Å²) in [5.41, 5.74) is 3.67. The predicted molar refractivity (Wildman–Crippen MR) is 99.2 cm³/mol. The average Bonchev–Trinajstić information content (AvgIpc) is 3.10. The van der Waals surface area contributed by atoms with Crippen LogP contribution < -0.4 is 5.32 Å². The summed E-state index contributed by atoms with van der Waals surface area (Å²) in [5.74, 6) is 1.59. The molecule has 1 aliphatic heterocycles. The number of hydrogen-bond acceptors (Lipinski definition) is 2. The second-order valence-electron chi connectivity index (χ2n) is 6.28. The topological polar surface area (TPSA) is 40.5 Å². The van der Waals surface area contributed by atoms with Gasteiger partial charge in [-0.05, 0) is 37.5 Å². The molecule has 0 amide bonds. The number of hydrogen-bond donors (Lipinski definition) is 1. The van der Waals surface area contributed by atoms with Crippen molar-refractivity contribution in [2.75, 3.05) is 19.6 Å². The summed E-state index contributed by atoms with van der Waals surface area (Å²) in [7, 11) is 0. The maximum atomic E-state index is 4.82. The van der Waals surface area contributed by atoms with Gasteiger partial charge in [-0.1, -0.05) is 36.4 Å². The molecule has 1 saturated heterocycles. The molecule has 0 radical (unpaired) electrons. The zero-order valence-electron chi connectivity index (χ0n) is 14.6. The van der Waals surface area contributed by atoms with Crippen LogP contribution in [-0.4, -0.2) is 35.5 Å². The Bertz CT molecular complexity index is 681. The van der Waals surface area contributed by atoms with Crippen molar-refractivity contribution in [1.82, 2.24) is 15.2 Å². The highest BCUT2D eigenvalue weighted by Crippen LogP contribution is 2.26. The Balaban J connectivity index is 1.70. The monoisotopic (exact) mass is 322 g/mol. The Labute approximate surface area is 144 Å². The molecule has 1 aromatic heterocycles. The Hall–Kier alpha value is -2.36. The fourth-order valence-corrected chi connectivity index (χ4v) is 3.21. The second kappa shape index (κ2) is 7.95. The fraction of sp³-hybridized carbons (Fsp3) is 0.400. The number of aliphatic imine (C=N–C) groups is 1. The summed E-state index contributed by atoms with van der Waals surface area (Å²) in [5, 5.41) is 3.43. The number of likely N-dealkylation sites (tertiary alicyclic amines) is 1. The van der Waals surface area contributed by atoms with Crippen LogP contribution in [0.1, 0.15) is 36.1 Å². The number of aromatic nitrogens is 1. The number of nitrogens with one attached hydrogen (secondary N) is 1. The van der Waals surface area contributed by atoms with E-state index in [2.05, 4.69) is 65.4 Å². The first-order valence-corrected chi connectivity index (χ1v) is 8.76. The van der Waals surface area contributed by atoms with E-state index in [9.17, 15) is 0 Å². The third-order valence-corrected chi connectivity index (χ3v) is 4.59. The second-order valence-corrected chi connectivity index (χ2v) is 6.28. The number of nitrogens with zero attached hydrogens (tertiary/aromatic N) is 3. The number of guanidine groups is 1. The van der Waals surface area contributed by atoms with Crippen LogP contribution >= 0.6 is 0 Å². The molecule has 1 unspecified atom stereocenters. The third kappa shape index (κ3) is 3.94. The molecule has 1 aliphatic rings. The molecule has 4 nitrogen and oxygen atoms in total. The van der Waals surface area contributed by atoms with Gasteiger partial charge >= 0.3 is 0 Å². The summed E-state index contributed by atoms with van der Waals surface area (Å²) in [6.07, 6.45) is 3.02. The standard InChI is InChI=1S/C20H26N4/c1-3-21-20(23-14-19-16(2)8-7-12-22-19)24-13-11-18(15-24)17-9-5-4-6-10-17/h4-10,12,18H,3,11,13-15H2,1-2H3,(H,21,23). The van der Waals surface area contributed by atoms with Gasteiger partial charge in [0.25, 0.3) is 0 Å². The third-order valence-electron chi connectivity index (χ3n) is 4.59. The molecule has 1 fully saturated rings. The number of pyridine rings is 1. The molecule has 2 aromatic rings. The maximum Gasteiger partial charge on any atom is 0.194 e. The van der Waals surface area contributed by atoms with Crippen molar-refractivity contribution in [2.45, 2.75) is 32.7 Å². The first kappa shape index (κ1) is 16.5. The van der Waals surface area contributed by atoms with Crippen LogP contribution in [0.3, 0.4) is 0 Å². The summed E-state index contributed by atoms with van der Waals surface area (Å²) < 4.78 is 0. The highest BCUT2D eigenvalue weighted by atomic mass is 15.3. The van der Waals surface area contributed by atoms with E-state index in [-0.39, 0.29) is 0 Å². The van der Waals surface area contributed by atoms with E-state index in [0.29, 0.717) is 12.5 Å². The van der Waals surface area contributed by atoms with Crippen LogP contribution in [0.25, 0.3) is 0 Å². The van der Waals surface area contributed by atoms with Crippen molar-refractivity contribution in [3.63, 3.8) is 0 Å². The van der Waals surface area contributed by atoms with E-state index < -0.39 is 0 Å². The minimum atomic E-state index is 0.589. The normalized spacial score (nSPS) is 18.0. The molecule has 0 bridgehead atoms. The Morgan fingerprint density at radius 3 is 2.83 bits per heavy atom. The smallest absolute Gasteiger partial charge is 0.194 e. The van der Waals surface area contributed by atoms with Gasteiger partial charge in [0.1, 0.15) is 0 Å². The number of benzene rings is 1. The minimum Gasteiger partial charge on any atom is -0.357 e. The molecular weight excluding hydrogens is 296 g/mol. The van der Waals surface area contributed by atoms with Gasteiger partial charge in [-0.15, -0.1) is 0 Å². The van der Waals surface area contributed by atoms with Crippen molar-refractivity contribution in [1.29, 1.82) is 0 Å². The van der Waals surface area contributed by atoms with Crippen molar-refractivity contribution < 1.29 is 0 Å². The van der Waals surface area contributed by atoms with Crippen LogP contribution in [-0.2, 0) is 6.54 Å². The van der Waals surface area contributed by atoms with Gasteiger partial charge in [-0.25, -0.2) is 4.99 Å². The lowest BCUT2D eigenvalue weighted by atomic mass is 9.99. The van der Waals surface area contributed by atoms with Gasteiger partial charge in [0.2, 0.25) is 0 Å². The molecule has 1 N–H and O–H groups in total. The van der Waals surface area contributed by atoms with Crippen molar-refractivity contribution in [3.8, 4) is 0 Å². The van der Waals surface area contributed by atoms with Crippen LogP contribution in [0.15, 0.2) is 53.7 Å². The van der Waals surface area contributed by atoms with Gasteiger partial charge in [-0.2, -0.15) is 0 Å². The van der Waals surface area contributed by atoms with Gasteiger partial charge in [-0.3, -0.25) is 4.98 Å². The first-order chi connectivity index (χ1) is 11.8. The predicted octanol–water partition coefficient (Wildman–Crippen LogP) is 3.35. The molecule has 126 valence electrons. The van der Waals surface area contributed by atoms with Gasteiger partial charge in [0, 0.05) is 31.7 Å². The van der Waals surface area contributed by atoms with Gasteiger partial charge < -0.3 is 10.2 Å². The largest absolute Gasteiger partial charge is 0.357 e. The van der Waals surface area contributed by atoms with E-state index >= 15 is 0 Å². The van der Waals surface area contributed by atoms with Gasteiger partial charge in [0.05, 0.1) is 12.2 Å². The Morgan fingerprint density at radius 2 is 2.08 bits per heavy atom. The molecule has 0 aliphatic carbocycles. The van der Waals surface area contributed by atoms with Crippen molar-refractivity contribution in [2.24, 2.45) is 4.99 Å². The Morgan fingerprint density at radius 1 is 1.25 bits per heavy atom. The average molecular weight is 322 g/mol. The molecule has 24 heavy (non-hydrogen) atoms. The molecule has 2 heterocycles. The fourth-order valence-electron chi connectivity index (χ4n) is 3.21. The van der Waals surface area contributed by atoms with Crippen LogP contribution in [0.2, 0.25) is 0 Å².